The van der Waals surface area contributed by atoms with E-state index in [1.807, 2.05) is 0 Å². The average Bonchev–Trinajstić information content (AvgIpc) is 2.25. The highest BCUT2D eigenvalue weighted by atomic mass is 32.2. The van der Waals surface area contributed by atoms with Crippen LogP contribution in [-0.2, 0) is 15.5 Å². The Kier molecular flexibility index (Phi) is 6.45. The minimum Gasteiger partial charge on any atom is -0.381 e. The first-order valence-corrected chi connectivity index (χ1v) is 7.54. The van der Waals surface area contributed by atoms with Crippen LogP contribution in [0.1, 0.15) is 26.2 Å². The highest BCUT2D eigenvalue weighted by molar-refractivity contribution is 7.84. The molecular weight excluding hydrogens is 210 g/mol. The molecule has 0 spiro atoms. The highest BCUT2D eigenvalue weighted by Crippen LogP contribution is 2.18. The van der Waals surface area contributed by atoms with Gasteiger partial charge in [-0.3, -0.25) is 4.21 Å². The lowest BCUT2D eigenvalue weighted by Gasteiger charge is -2.28. The fourth-order valence-electron chi connectivity index (χ4n) is 1.99. The van der Waals surface area contributed by atoms with Crippen LogP contribution in [0.2, 0.25) is 0 Å². The van der Waals surface area contributed by atoms with Crippen molar-refractivity contribution in [1.29, 1.82) is 0 Å². The van der Waals surface area contributed by atoms with E-state index in [0.717, 1.165) is 37.9 Å². The third-order valence-corrected chi connectivity index (χ3v) is 3.91. The summed E-state index contributed by atoms with van der Waals surface area (Å²) in [5.41, 5.74) is 0. The summed E-state index contributed by atoms with van der Waals surface area (Å²) in [5.74, 6) is 1.57. The SMILES string of the molecule is CC(NCCCS(C)=O)C1CCOCC1. The predicted octanol–water partition coefficient (Wildman–Crippen LogP) is 1.16. The van der Waals surface area contributed by atoms with Crippen molar-refractivity contribution in [3.05, 3.63) is 0 Å². The molecule has 0 bridgehead atoms. The highest BCUT2D eigenvalue weighted by Gasteiger charge is 2.19. The van der Waals surface area contributed by atoms with Crippen LogP contribution in [-0.4, -0.2) is 42.0 Å². The van der Waals surface area contributed by atoms with Gasteiger partial charge in [-0.2, -0.15) is 0 Å². The van der Waals surface area contributed by atoms with E-state index in [4.69, 9.17) is 4.74 Å². The van der Waals surface area contributed by atoms with Gasteiger partial charge in [-0.15, -0.1) is 0 Å². The van der Waals surface area contributed by atoms with Gasteiger partial charge in [0.15, 0.2) is 0 Å². The van der Waals surface area contributed by atoms with Crippen molar-refractivity contribution in [2.24, 2.45) is 5.92 Å². The van der Waals surface area contributed by atoms with Crippen LogP contribution in [0.5, 0.6) is 0 Å². The molecule has 1 aliphatic rings. The molecule has 0 aromatic rings. The summed E-state index contributed by atoms with van der Waals surface area (Å²) >= 11 is 0. The van der Waals surface area contributed by atoms with Crippen LogP contribution in [0.25, 0.3) is 0 Å². The Morgan fingerprint density at radius 1 is 1.47 bits per heavy atom. The van der Waals surface area contributed by atoms with E-state index in [9.17, 15) is 4.21 Å². The first-order valence-electron chi connectivity index (χ1n) is 5.81. The van der Waals surface area contributed by atoms with E-state index < -0.39 is 10.8 Å². The molecule has 15 heavy (non-hydrogen) atoms. The first kappa shape index (κ1) is 13.1. The molecule has 0 saturated carbocycles. The zero-order chi connectivity index (χ0) is 11.1. The van der Waals surface area contributed by atoms with Crippen molar-refractivity contribution in [1.82, 2.24) is 5.32 Å². The van der Waals surface area contributed by atoms with E-state index in [-0.39, 0.29) is 0 Å². The maximum atomic E-state index is 10.9. The van der Waals surface area contributed by atoms with E-state index in [2.05, 4.69) is 12.2 Å². The molecule has 3 nitrogen and oxygen atoms in total. The van der Waals surface area contributed by atoms with Crippen molar-refractivity contribution in [2.75, 3.05) is 31.8 Å². The van der Waals surface area contributed by atoms with E-state index in [0.29, 0.717) is 6.04 Å². The van der Waals surface area contributed by atoms with Crippen LogP contribution in [0.15, 0.2) is 0 Å². The molecule has 0 aliphatic carbocycles. The number of nitrogens with one attached hydrogen (secondary N) is 1. The second kappa shape index (κ2) is 7.36. The van der Waals surface area contributed by atoms with E-state index >= 15 is 0 Å². The minimum atomic E-state index is -0.645. The predicted molar refractivity (Wildman–Crippen MR) is 64.6 cm³/mol. The second-order valence-electron chi connectivity index (χ2n) is 4.32. The Balaban J connectivity index is 2.06. The van der Waals surface area contributed by atoms with Crippen LogP contribution < -0.4 is 5.32 Å². The smallest absolute Gasteiger partial charge is 0.0469 e. The monoisotopic (exact) mass is 233 g/mol. The summed E-state index contributed by atoms with van der Waals surface area (Å²) in [4.78, 5) is 0. The summed E-state index contributed by atoms with van der Waals surface area (Å²) in [7, 11) is -0.645. The van der Waals surface area contributed by atoms with Crippen LogP contribution in [0, 0.1) is 5.92 Å². The van der Waals surface area contributed by atoms with Crippen LogP contribution in [0.3, 0.4) is 0 Å². The van der Waals surface area contributed by atoms with Gasteiger partial charge in [0, 0.05) is 42.1 Å². The molecule has 1 N–H and O–H groups in total. The standard InChI is InChI=1S/C11H23NO2S/c1-10(11-4-7-14-8-5-11)12-6-3-9-15(2)13/h10-12H,3-9H2,1-2H3. The maximum Gasteiger partial charge on any atom is 0.0469 e. The zero-order valence-corrected chi connectivity index (χ0v) is 10.6. The summed E-state index contributed by atoms with van der Waals surface area (Å²) in [6.07, 6.45) is 5.13. The lowest BCUT2D eigenvalue weighted by atomic mass is 9.93. The summed E-state index contributed by atoms with van der Waals surface area (Å²) in [6.45, 7) is 5.06. The van der Waals surface area contributed by atoms with Gasteiger partial charge in [0.05, 0.1) is 0 Å². The topological polar surface area (TPSA) is 38.3 Å². The lowest BCUT2D eigenvalue weighted by molar-refractivity contribution is 0.0560. The van der Waals surface area contributed by atoms with Gasteiger partial charge in [-0.1, -0.05) is 0 Å². The Hall–Kier alpha value is 0.0700. The Bertz CT molecular complexity index is 193. The number of hydrogen-bond donors (Lipinski definition) is 1. The number of hydrogen-bond acceptors (Lipinski definition) is 3. The molecule has 1 rings (SSSR count). The van der Waals surface area contributed by atoms with Gasteiger partial charge in [0.1, 0.15) is 0 Å². The van der Waals surface area contributed by atoms with Gasteiger partial charge < -0.3 is 10.1 Å². The number of ether oxygens (including phenoxy) is 1. The molecule has 1 aliphatic heterocycles. The van der Waals surface area contributed by atoms with Crippen molar-refractivity contribution < 1.29 is 8.95 Å². The van der Waals surface area contributed by atoms with Crippen LogP contribution in [0.4, 0.5) is 0 Å². The molecule has 0 radical (unpaired) electrons. The average molecular weight is 233 g/mol. The molecule has 2 unspecified atom stereocenters. The van der Waals surface area contributed by atoms with Crippen molar-refractivity contribution in [2.45, 2.75) is 32.2 Å². The van der Waals surface area contributed by atoms with Gasteiger partial charge in [0.2, 0.25) is 0 Å². The van der Waals surface area contributed by atoms with E-state index in [1.165, 1.54) is 12.8 Å². The minimum absolute atomic E-state index is 0.569. The first-order chi connectivity index (χ1) is 7.20. The fraction of sp³-hybridized carbons (Fsp3) is 1.00. The normalized spacial score (nSPS) is 22.5. The third kappa shape index (κ3) is 5.64. The molecule has 0 aromatic carbocycles. The molecule has 0 amide bonds. The second-order valence-corrected chi connectivity index (χ2v) is 5.88. The molecule has 1 saturated heterocycles. The van der Waals surface area contributed by atoms with Crippen molar-refractivity contribution in [3.8, 4) is 0 Å². The summed E-state index contributed by atoms with van der Waals surface area (Å²) in [5, 5.41) is 3.52. The van der Waals surface area contributed by atoms with Gasteiger partial charge in [-0.05, 0) is 38.6 Å². The molecule has 1 fully saturated rings. The summed E-state index contributed by atoms with van der Waals surface area (Å²) < 4.78 is 16.2. The van der Waals surface area contributed by atoms with Crippen molar-refractivity contribution in [3.63, 3.8) is 0 Å². The summed E-state index contributed by atoms with van der Waals surface area (Å²) in [6, 6.07) is 0.569. The van der Waals surface area contributed by atoms with Crippen molar-refractivity contribution >= 4 is 10.8 Å². The fourth-order valence-corrected chi connectivity index (χ4v) is 2.54. The largest absolute Gasteiger partial charge is 0.381 e. The molecule has 90 valence electrons. The number of rotatable bonds is 6. The lowest BCUT2D eigenvalue weighted by Crippen LogP contribution is -2.37. The Labute approximate surface area is 95.4 Å². The molecule has 1 heterocycles. The van der Waals surface area contributed by atoms with Crippen LogP contribution >= 0.6 is 0 Å². The third-order valence-electron chi connectivity index (χ3n) is 3.05. The molecule has 0 aromatic heterocycles. The molecular formula is C11H23NO2S. The molecule has 4 heteroatoms. The van der Waals surface area contributed by atoms with Gasteiger partial charge in [-0.25, -0.2) is 0 Å². The van der Waals surface area contributed by atoms with E-state index in [1.54, 1.807) is 6.26 Å². The maximum absolute atomic E-state index is 10.9. The Morgan fingerprint density at radius 2 is 2.13 bits per heavy atom. The zero-order valence-electron chi connectivity index (χ0n) is 9.83. The Morgan fingerprint density at radius 3 is 2.73 bits per heavy atom. The molecule has 2 atom stereocenters. The van der Waals surface area contributed by atoms with Gasteiger partial charge in [0.25, 0.3) is 0 Å². The quantitative estimate of drug-likeness (QED) is 0.700. The van der Waals surface area contributed by atoms with Gasteiger partial charge >= 0.3 is 0 Å².